The van der Waals surface area contributed by atoms with E-state index in [-0.39, 0.29) is 0 Å². The third-order valence-electron chi connectivity index (χ3n) is 1.84. The molecule has 0 fully saturated rings. The van der Waals surface area contributed by atoms with Crippen molar-refractivity contribution >= 4 is 17.8 Å². The number of amides is 1. The van der Waals surface area contributed by atoms with Gasteiger partial charge in [-0.2, -0.15) is 0 Å². The highest BCUT2D eigenvalue weighted by molar-refractivity contribution is 5.84. The van der Waals surface area contributed by atoms with Crippen LogP contribution in [0.25, 0.3) is 0 Å². The summed E-state index contributed by atoms with van der Waals surface area (Å²) in [4.78, 5) is 43.9. The van der Waals surface area contributed by atoms with E-state index in [1.807, 2.05) is 0 Å². The van der Waals surface area contributed by atoms with E-state index < -0.39 is 43.1 Å². The Balaban J connectivity index is 2.72. The molecule has 0 saturated carbocycles. The fourth-order valence-corrected chi connectivity index (χ4v) is 1.17. The number of aromatic amines is 1. The van der Waals surface area contributed by atoms with E-state index in [0.717, 1.165) is 10.9 Å². The molecule has 1 heterocycles. The Morgan fingerprint density at radius 2 is 1.83 bits per heavy atom. The molecule has 10 nitrogen and oxygen atoms in total. The van der Waals surface area contributed by atoms with Crippen molar-refractivity contribution in [1.29, 1.82) is 0 Å². The van der Waals surface area contributed by atoms with Crippen LogP contribution in [0.2, 0.25) is 0 Å². The van der Waals surface area contributed by atoms with E-state index in [9.17, 15) is 19.2 Å². The first-order valence-electron chi connectivity index (χ1n) is 4.68. The van der Waals surface area contributed by atoms with Crippen LogP contribution in [-0.4, -0.2) is 51.3 Å². The van der Waals surface area contributed by atoms with Gasteiger partial charge < -0.3 is 15.1 Å². The Bertz CT molecular complexity index is 501. The number of hydrogen-bond acceptors (Lipinski definition) is 5. The molecule has 0 saturated heterocycles. The first kappa shape index (κ1) is 13.4. The lowest BCUT2D eigenvalue weighted by Crippen LogP contribution is -2.48. The van der Waals surface area contributed by atoms with Crippen LogP contribution in [0.1, 0.15) is 0 Å². The molecule has 0 bridgehead atoms. The molecule has 10 heteroatoms. The average molecular weight is 260 g/mol. The third kappa shape index (κ3) is 4.08. The lowest BCUT2D eigenvalue weighted by Gasteiger charge is -2.15. The zero-order valence-corrected chi connectivity index (χ0v) is 9.03. The molecule has 3 N–H and O–H groups in total. The number of carbonyl (C=O) groups is 3. The average Bonchev–Trinajstić information content (AvgIpc) is 2.61. The van der Waals surface area contributed by atoms with Crippen molar-refractivity contribution in [3.63, 3.8) is 0 Å². The Morgan fingerprint density at radius 3 is 2.22 bits per heavy atom. The van der Waals surface area contributed by atoms with Crippen LogP contribution >= 0.6 is 0 Å². The van der Waals surface area contributed by atoms with Crippen LogP contribution in [-0.2, 0) is 20.9 Å². The van der Waals surface area contributed by atoms with Gasteiger partial charge in [-0.25, -0.2) is 4.79 Å². The molecule has 1 aromatic heterocycles. The highest BCUT2D eigenvalue weighted by atomic mass is 16.5. The predicted octanol–water partition coefficient (Wildman–Crippen LogP) is -2.75. The Labute approximate surface area is 99.0 Å². The third-order valence-corrected chi connectivity index (χ3v) is 1.84. The summed E-state index contributed by atoms with van der Waals surface area (Å²) in [6.07, 6.45) is 0.942. The Kier molecular flexibility index (Phi) is 4.18. The largest absolute Gasteiger partial charge is 0.480 e. The van der Waals surface area contributed by atoms with Gasteiger partial charge in [-0.15, -0.1) is 0 Å². The molecule has 18 heavy (non-hydrogen) atoms. The number of rotatable bonds is 6. The monoisotopic (exact) mass is 260 g/mol. The van der Waals surface area contributed by atoms with Crippen molar-refractivity contribution in [3.05, 3.63) is 16.6 Å². The molecule has 1 amide bonds. The van der Waals surface area contributed by atoms with Crippen LogP contribution in [0, 0.1) is 0 Å². The number of nitrogens with one attached hydrogen (secondary N) is 1. The molecule has 0 aromatic carbocycles. The van der Waals surface area contributed by atoms with Crippen molar-refractivity contribution in [2.24, 2.45) is 0 Å². The number of aromatic nitrogens is 2. The zero-order valence-electron chi connectivity index (χ0n) is 9.03. The summed E-state index contributed by atoms with van der Waals surface area (Å²) < 4.78 is 5.26. The van der Waals surface area contributed by atoms with Gasteiger partial charge in [0.25, 0.3) is 18.6 Å². The zero-order chi connectivity index (χ0) is 13.7. The summed E-state index contributed by atoms with van der Waals surface area (Å²) in [5.41, 5.74) is -0.717. The molecule has 1 rings (SSSR count). The molecule has 0 spiro atoms. The second-order valence-corrected chi connectivity index (χ2v) is 3.31. The van der Waals surface area contributed by atoms with Gasteiger partial charge >= 0.3 is 17.6 Å². The van der Waals surface area contributed by atoms with Crippen molar-refractivity contribution < 1.29 is 33.8 Å². The van der Waals surface area contributed by atoms with Crippen LogP contribution in [0.3, 0.4) is 0 Å². The molecule has 1 aromatic rings. The summed E-state index contributed by atoms with van der Waals surface area (Å²) in [7, 11) is 0. The van der Waals surface area contributed by atoms with Crippen LogP contribution in [0.15, 0.2) is 15.5 Å². The van der Waals surface area contributed by atoms with Gasteiger partial charge in [-0.3, -0.25) is 18.9 Å². The van der Waals surface area contributed by atoms with E-state index in [1.54, 1.807) is 0 Å². The number of nitrogens with zero attached hydrogens (tertiary/aromatic N) is 2. The minimum atomic E-state index is -1.34. The molecule has 0 unspecified atom stereocenters. The summed E-state index contributed by atoms with van der Waals surface area (Å²) >= 11 is 0. The SMILES string of the molecule is O=C(O)CN(CC(=O)O)C(=O)C[n+]1cc(=O)o[nH]1. The van der Waals surface area contributed by atoms with E-state index >= 15 is 0 Å². The molecule has 0 atom stereocenters. The lowest BCUT2D eigenvalue weighted by atomic mass is 10.4. The van der Waals surface area contributed by atoms with Gasteiger partial charge in [0.15, 0.2) is 0 Å². The van der Waals surface area contributed by atoms with E-state index in [1.165, 1.54) is 0 Å². The van der Waals surface area contributed by atoms with Crippen LogP contribution < -0.4 is 10.3 Å². The van der Waals surface area contributed by atoms with Gasteiger partial charge in [-0.05, 0) is 5.27 Å². The second-order valence-electron chi connectivity index (χ2n) is 3.31. The Morgan fingerprint density at radius 1 is 1.28 bits per heavy atom. The normalized spacial score (nSPS) is 10.0. The molecule has 0 aliphatic heterocycles. The summed E-state index contributed by atoms with van der Waals surface area (Å²) in [5, 5.41) is 19.2. The standard InChI is InChI=1S/C8H9N3O7/c12-5(1-11-4-8(17)18-9-11)10(2-6(13)14)3-7(15)16/h4H,1-3H2,(H2-,9,13,14,15,16,17)/p+1. The molecular weight excluding hydrogens is 250 g/mol. The highest BCUT2D eigenvalue weighted by Crippen LogP contribution is 1.90. The Hall–Kier alpha value is -2.65. The van der Waals surface area contributed by atoms with Crippen molar-refractivity contribution in [2.45, 2.75) is 6.54 Å². The molecule has 98 valence electrons. The maximum absolute atomic E-state index is 11.6. The van der Waals surface area contributed by atoms with Gasteiger partial charge in [0, 0.05) is 0 Å². The molecular formula is C8H10N3O7+. The predicted molar refractivity (Wildman–Crippen MR) is 51.4 cm³/mol. The van der Waals surface area contributed by atoms with E-state index in [0.29, 0.717) is 4.90 Å². The van der Waals surface area contributed by atoms with Gasteiger partial charge in [0.2, 0.25) is 0 Å². The van der Waals surface area contributed by atoms with Crippen LogP contribution in [0.5, 0.6) is 0 Å². The maximum Gasteiger partial charge on any atom is 0.426 e. The number of carboxylic acids is 2. The maximum atomic E-state index is 11.6. The topological polar surface area (TPSA) is 145 Å². The molecule has 0 radical (unpaired) electrons. The first-order chi connectivity index (χ1) is 8.38. The minimum Gasteiger partial charge on any atom is -0.480 e. The van der Waals surface area contributed by atoms with Gasteiger partial charge in [0.05, 0.1) is 0 Å². The fraction of sp³-hybridized carbons (Fsp3) is 0.375. The molecule has 0 aliphatic rings. The van der Waals surface area contributed by atoms with E-state index in [4.69, 9.17) is 10.2 Å². The summed E-state index contributed by atoms with van der Waals surface area (Å²) in [5.74, 6) is -3.45. The minimum absolute atomic E-state index is 0.424. The van der Waals surface area contributed by atoms with Crippen molar-refractivity contribution in [3.8, 4) is 0 Å². The summed E-state index contributed by atoms with van der Waals surface area (Å²) in [6.45, 7) is -1.91. The lowest BCUT2D eigenvalue weighted by molar-refractivity contribution is -0.751. The number of carboxylic acid groups (broad SMARTS) is 2. The number of hydrogen-bond donors (Lipinski definition) is 3. The van der Waals surface area contributed by atoms with Crippen LogP contribution in [0.4, 0.5) is 0 Å². The second kappa shape index (κ2) is 5.61. The molecule has 0 aliphatic carbocycles. The van der Waals surface area contributed by atoms with Gasteiger partial charge in [0.1, 0.15) is 13.1 Å². The van der Waals surface area contributed by atoms with Crippen molar-refractivity contribution in [1.82, 2.24) is 10.2 Å². The summed E-state index contributed by atoms with van der Waals surface area (Å²) in [6, 6.07) is 0. The fourth-order valence-electron chi connectivity index (χ4n) is 1.17. The van der Waals surface area contributed by atoms with E-state index in [2.05, 4.69) is 9.79 Å². The highest BCUT2D eigenvalue weighted by Gasteiger charge is 2.24. The smallest absolute Gasteiger partial charge is 0.426 e. The number of carbonyl (C=O) groups excluding carboxylic acids is 1. The quantitative estimate of drug-likeness (QED) is 0.470. The number of H-pyrrole nitrogens is 1. The van der Waals surface area contributed by atoms with Crippen molar-refractivity contribution in [2.75, 3.05) is 13.1 Å². The first-order valence-corrected chi connectivity index (χ1v) is 4.68. The number of aliphatic carboxylic acids is 2. The van der Waals surface area contributed by atoms with Gasteiger partial charge in [-0.1, -0.05) is 4.68 Å².